The van der Waals surface area contributed by atoms with Gasteiger partial charge in [0.2, 0.25) is 5.91 Å². The van der Waals surface area contributed by atoms with E-state index in [1.807, 2.05) is 18.2 Å². The highest BCUT2D eigenvalue weighted by atomic mass is 32.1. The molecule has 0 atom stereocenters. The molecule has 5 nitrogen and oxygen atoms in total. The normalized spacial score (nSPS) is 11.2. The Hall–Kier alpha value is -2.51. The molecule has 2 aromatic carbocycles. The molecule has 0 bridgehead atoms. The van der Waals surface area contributed by atoms with Crippen LogP contribution in [0.2, 0.25) is 0 Å². The molecule has 0 aliphatic heterocycles. The average molecular weight is 417 g/mol. The number of carbonyl (C=O) groups excluding carboxylic acids is 1. The van der Waals surface area contributed by atoms with Crippen LogP contribution in [0.1, 0.15) is 19.4 Å². The fraction of sp³-hybridized carbons (Fsp3) is 0.364. The number of anilines is 1. The number of halogens is 1. The number of hydrogen-bond acceptors (Lipinski definition) is 4. The molecule has 1 aromatic heterocycles. The zero-order valence-corrected chi connectivity index (χ0v) is 17.9. The lowest BCUT2D eigenvalue weighted by Crippen LogP contribution is -3.12. The molecule has 1 heterocycles. The number of aromatic nitrogens is 1. The fourth-order valence-corrected chi connectivity index (χ4v) is 4.29. The lowest BCUT2D eigenvalue weighted by Gasteiger charge is -2.23. The van der Waals surface area contributed by atoms with Gasteiger partial charge in [0.15, 0.2) is 5.13 Å². The van der Waals surface area contributed by atoms with Crippen LogP contribution in [0.3, 0.4) is 0 Å². The van der Waals surface area contributed by atoms with Crippen molar-refractivity contribution in [3.05, 3.63) is 53.8 Å². The van der Waals surface area contributed by atoms with Crippen LogP contribution in [-0.2, 0) is 11.2 Å². The summed E-state index contributed by atoms with van der Waals surface area (Å²) in [7, 11) is 1.62. The molecule has 154 valence electrons. The van der Waals surface area contributed by atoms with Gasteiger partial charge in [-0.3, -0.25) is 9.69 Å². The smallest absolute Gasteiger partial charge is 0.233 e. The molecule has 0 saturated heterocycles. The molecule has 0 radical (unpaired) electrons. The number of rotatable bonds is 9. The summed E-state index contributed by atoms with van der Waals surface area (Å²) in [4.78, 5) is 21.1. The Morgan fingerprint density at radius 1 is 1.17 bits per heavy atom. The number of para-hydroxylation sites is 1. The second kappa shape index (κ2) is 9.80. The van der Waals surface area contributed by atoms with Crippen LogP contribution in [0.15, 0.2) is 42.5 Å². The zero-order chi connectivity index (χ0) is 20.8. The van der Waals surface area contributed by atoms with Gasteiger partial charge in [-0.15, -0.1) is 0 Å². The molecular formula is C22H27FN3O2S+. The van der Waals surface area contributed by atoms with Crippen LogP contribution < -0.4 is 14.5 Å². The Morgan fingerprint density at radius 2 is 1.90 bits per heavy atom. The van der Waals surface area contributed by atoms with E-state index in [1.54, 1.807) is 24.1 Å². The number of fused-ring (bicyclic) bond motifs is 1. The third kappa shape index (κ3) is 5.10. The van der Waals surface area contributed by atoms with Gasteiger partial charge in [0.25, 0.3) is 0 Å². The van der Waals surface area contributed by atoms with Crippen LogP contribution in [-0.4, -0.2) is 44.2 Å². The van der Waals surface area contributed by atoms with E-state index in [4.69, 9.17) is 9.72 Å². The minimum atomic E-state index is -0.304. The number of amides is 1. The second-order valence-corrected chi connectivity index (χ2v) is 7.87. The zero-order valence-electron chi connectivity index (χ0n) is 17.1. The van der Waals surface area contributed by atoms with Gasteiger partial charge in [-0.2, -0.15) is 0 Å². The molecule has 1 amide bonds. The molecule has 0 unspecified atom stereocenters. The van der Waals surface area contributed by atoms with E-state index in [-0.39, 0.29) is 18.1 Å². The summed E-state index contributed by atoms with van der Waals surface area (Å²) in [6.07, 6.45) is 0.209. The van der Waals surface area contributed by atoms with E-state index < -0.39 is 0 Å². The number of carbonyl (C=O) groups is 1. The van der Waals surface area contributed by atoms with Gasteiger partial charge in [0.1, 0.15) is 17.1 Å². The topological polar surface area (TPSA) is 46.9 Å². The maximum absolute atomic E-state index is 13.2. The number of ether oxygens (including phenoxy) is 1. The Morgan fingerprint density at radius 3 is 2.55 bits per heavy atom. The molecule has 0 spiro atoms. The predicted molar refractivity (Wildman–Crippen MR) is 116 cm³/mol. The van der Waals surface area contributed by atoms with Crippen molar-refractivity contribution in [3.8, 4) is 5.75 Å². The quantitative estimate of drug-likeness (QED) is 0.583. The molecule has 29 heavy (non-hydrogen) atoms. The van der Waals surface area contributed by atoms with Crippen LogP contribution >= 0.6 is 11.3 Å². The molecule has 0 fully saturated rings. The number of benzene rings is 2. The van der Waals surface area contributed by atoms with Crippen molar-refractivity contribution in [2.24, 2.45) is 0 Å². The number of quaternary nitrogens is 1. The second-order valence-electron chi connectivity index (χ2n) is 6.86. The summed E-state index contributed by atoms with van der Waals surface area (Å²) in [6.45, 7) is 7.72. The summed E-state index contributed by atoms with van der Waals surface area (Å²) in [5.74, 6) is 0.355. The average Bonchev–Trinajstić information content (AvgIpc) is 3.16. The molecule has 1 N–H and O–H groups in total. The Bertz CT molecular complexity index is 954. The number of nitrogens with one attached hydrogen (secondary N) is 1. The first-order valence-electron chi connectivity index (χ1n) is 9.87. The lowest BCUT2D eigenvalue weighted by molar-refractivity contribution is -0.894. The number of nitrogens with zero attached hydrogens (tertiary/aromatic N) is 2. The molecule has 0 saturated carbocycles. The minimum absolute atomic E-state index is 0.0406. The maximum Gasteiger partial charge on any atom is 0.233 e. The molecule has 0 aliphatic carbocycles. The fourth-order valence-electron chi connectivity index (χ4n) is 3.26. The number of likely N-dealkylation sites (N-methyl/N-ethyl adjacent to an activating group) is 1. The first-order valence-corrected chi connectivity index (χ1v) is 10.7. The van der Waals surface area contributed by atoms with Gasteiger partial charge in [-0.25, -0.2) is 9.37 Å². The van der Waals surface area contributed by atoms with Crippen LogP contribution in [0, 0.1) is 5.82 Å². The Kier molecular flexibility index (Phi) is 7.17. The van der Waals surface area contributed by atoms with Gasteiger partial charge < -0.3 is 9.64 Å². The van der Waals surface area contributed by atoms with Crippen molar-refractivity contribution in [2.75, 3.05) is 38.2 Å². The van der Waals surface area contributed by atoms with Crippen molar-refractivity contribution in [2.45, 2.75) is 20.3 Å². The summed E-state index contributed by atoms with van der Waals surface area (Å²) in [5.41, 5.74) is 1.56. The summed E-state index contributed by atoms with van der Waals surface area (Å²) in [5, 5.41) is 0.670. The van der Waals surface area contributed by atoms with E-state index in [2.05, 4.69) is 13.8 Å². The first kappa shape index (κ1) is 21.2. The SMILES string of the molecule is CC[NH+](CC)CCN(C(=O)Cc1ccc(F)cc1)c1nc2c(OC)cccc2s1. The van der Waals surface area contributed by atoms with Gasteiger partial charge >= 0.3 is 0 Å². The van der Waals surface area contributed by atoms with Crippen LogP contribution in [0.5, 0.6) is 5.75 Å². The molecule has 3 rings (SSSR count). The summed E-state index contributed by atoms with van der Waals surface area (Å²) >= 11 is 1.49. The van der Waals surface area contributed by atoms with E-state index in [9.17, 15) is 9.18 Å². The van der Waals surface area contributed by atoms with Gasteiger partial charge in [0.05, 0.1) is 44.4 Å². The lowest BCUT2D eigenvalue weighted by atomic mass is 10.1. The highest BCUT2D eigenvalue weighted by molar-refractivity contribution is 7.22. The monoisotopic (exact) mass is 416 g/mol. The summed E-state index contributed by atoms with van der Waals surface area (Å²) in [6, 6.07) is 11.9. The van der Waals surface area contributed by atoms with Crippen molar-refractivity contribution in [3.63, 3.8) is 0 Å². The Balaban J connectivity index is 1.89. The molecule has 0 aliphatic rings. The van der Waals surface area contributed by atoms with Crippen molar-refractivity contribution in [1.29, 1.82) is 0 Å². The van der Waals surface area contributed by atoms with Gasteiger partial charge in [-0.1, -0.05) is 29.5 Å². The maximum atomic E-state index is 13.2. The number of methoxy groups -OCH3 is 1. The van der Waals surface area contributed by atoms with Crippen LogP contribution in [0.25, 0.3) is 10.2 Å². The highest BCUT2D eigenvalue weighted by Gasteiger charge is 2.22. The van der Waals surface area contributed by atoms with Crippen LogP contribution in [0.4, 0.5) is 9.52 Å². The third-order valence-electron chi connectivity index (χ3n) is 5.08. The van der Waals surface area contributed by atoms with Crippen molar-refractivity contribution < 1.29 is 18.8 Å². The van der Waals surface area contributed by atoms with Gasteiger partial charge in [-0.05, 0) is 43.7 Å². The first-order chi connectivity index (χ1) is 14.0. The van der Waals surface area contributed by atoms with Crippen molar-refractivity contribution in [1.82, 2.24) is 4.98 Å². The third-order valence-corrected chi connectivity index (χ3v) is 6.12. The predicted octanol–water partition coefficient (Wildman–Crippen LogP) is 2.94. The molecule has 7 heteroatoms. The minimum Gasteiger partial charge on any atom is -0.494 e. The Labute approximate surface area is 174 Å². The molecule has 3 aromatic rings. The van der Waals surface area contributed by atoms with Gasteiger partial charge in [0, 0.05) is 0 Å². The number of thiazole rings is 1. The van der Waals surface area contributed by atoms with E-state index in [0.29, 0.717) is 17.4 Å². The van der Waals surface area contributed by atoms with E-state index in [0.717, 1.165) is 35.4 Å². The number of hydrogen-bond donors (Lipinski definition) is 1. The standard InChI is InChI=1S/C22H26FN3O2S/c1-4-25(5-2)13-14-26(20(27)15-16-9-11-17(23)12-10-16)22-24-21-18(28-3)7-6-8-19(21)29-22/h6-12H,4-5,13-15H2,1-3H3/p+1. The highest BCUT2D eigenvalue weighted by Crippen LogP contribution is 2.34. The summed E-state index contributed by atoms with van der Waals surface area (Å²) < 4.78 is 19.6. The van der Waals surface area contributed by atoms with E-state index in [1.165, 1.54) is 28.4 Å². The molecular weight excluding hydrogens is 389 g/mol. The van der Waals surface area contributed by atoms with E-state index >= 15 is 0 Å². The largest absolute Gasteiger partial charge is 0.494 e. The van der Waals surface area contributed by atoms with Crippen molar-refractivity contribution >= 4 is 32.6 Å².